The molecule has 1 saturated heterocycles. The molecule has 0 bridgehead atoms. The minimum absolute atomic E-state index is 0.164. The van der Waals surface area contributed by atoms with Gasteiger partial charge < -0.3 is 29.3 Å². The summed E-state index contributed by atoms with van der Waals surface area (Å²) in [5, 5.41) is 2.78. The molecule has 0 radical (unpaired) electrons. The average molecular weight is 460 g/mol. The third-order valence-corrected chi connectivity index (χ3v) is 5.47. The van der Waals surface area contributed by atoms with E-state index in [9.17, 15) is 14.0 Å². The van der Waals surface area contributed by atoms with Crippen LogP contribution in [0.2, 0.25) is 0 Å². The first-order valence-corrected chi connectivity index (χ1v) is 10.8. The van der Waals surface area contributed by atoms with Crippen molar-refractivity contribution in [1.82, 2.24) is 10.2 Å². The molecule has 9 heteroatoms. The number of ether oxygens (including phenoxy) is 3. The van der Waals surface area contributed by atoms with Gasteiger partial charge in [0.25, 0.3) is 0 Å². The van der Waals surface area contributed by atoms with Crippen LogP contribution in [0.1, 0.15) is 5.56 Å². The van der Waals surface area contributed by atoms with Gasteiger partial charge in [-0.1, -0.05) is 18.2 Å². The fraction of sp³-hybridized carbons (Fsp3) is 0.417. The number of amides is 2. The molecule has 0 aromatic heterocycles. The van der Waals surface area contributed by atoms with Crippen LogP contribution in [0, 0.1) is 5.82 Å². The topological polar surface area (TPSA) is 80.3 Å². The van der Waals surface area contributed by atoms with Crippen molar-refractivity contribution < 1.29 is 28.2 Å². The number of carbonyl (C=O) groups is 2. The number of methoxy groups -OCH3 is 2. The minimum Gasteiger partial charge on any atom is -0.493 e. The zero-order valence-electron chi connectivity index (χ0n) is 19.0. The van der Waals surface area contributed by atoms with Gasteiger partial charge in [0.2, 0.25) is 11.8 Å². The van der Waals surface area contributed by atoms with Crippen LogP contribution in [-0.2, 0) is 20.7 Å². The Kier molecular flexibility index (Phi) is 8.88. The summed E-state index contributed by atoms with van der Waals surface area (Å²) in [6.07, 6.45) is 0.622. The summed E-state index contributed by atoms with van der Waals surface area (Å²) >= 11 is 0. The SMILES string of the molecule is COc1ccc(CCNC(=O)COCC(=O)N2CCN(c3ccccc3F)CC2)cc1OC. The van der Waals surface area contributed by atoms with Gasteiger partial charge in [-0.3, -0.25) is 9.59 Å². The number of rotatable bonds is 10. The van der Waals surface area contributed by atoms with E-state index in [-0.39, 0.29) is 30.8 Å². The van der Waals surface area contributed by atoms with Gasteiger partial charge in [-0.2, -0.15) is 0 Å². The van der Waals surface area contributed by atoms with Crippen molar-refractivity contribution in [1.29, 1.82) is 0 Å². The number of nitrogens with one attached hydrogen (secondary N) is 1. The Hall–Kier alpha value is -3.33. The van der Waals surface area contributed by atoms with Crippen LogP contribution >= 0.6 is 0 Å². The number of anilines is 1. The Balaban J connectivity index is 1.32. The smallest absolute Gasteiger partial charge is 0.248 e. The van der Waals surface area contributed by atoms with Crippen molar-refractivity contribution in [2.45, 2.75) is 6.42 Å². The summed E-state index contributed by atoms with van der Waals surface area (Å²) in [7, 11) is 3.15. The van der Waals surface area contributed by atoms with E-state index in [1.54, 1.807) is 37.3 Å². The summed E-state index contributed by atoms with van der Waals surface area (Å²) in [6.45, 7) is 2.13. The highest BCUT2D eigenvalue weighted by Gasteiger charge is 2.22. The van der Waals surface area contributed by atoms with Gasteiger partial charge in [0.05, 0.1) is 19.9 Å². The number of hydrogen-bond acceptors (Lipinski definition) is 6. The van der Waals surface area contributed by atoms with E-state index in [0.29, 0.717) is 56.3 Å². The van der Waals surface area contributed by atoms with Crippen molar-refractivity contribution in [3.63, 3.8) is 0 Å². The number of piperazine rings is 1. The molecule has 8 nitrogen and oxygen atoms in total. The molecule has 1 heterocycles. The zero-order valence-corrected chi connectivity index (χ0v) is 19.0. The largest absolute Gasteiger partial charge is 0.493 e. The number of nitrogens with zero attached hydrogens (tertiary/aromatic N) is 2. The van der Waals surface area contributed by atoms with E-state index in [1.807, 2.05) is 23.1 Å². The number of hydrogen-bond donors (Lipinski definition) is 1. The number of carbonyl (C=O) groups excluding carboxylic acids is 2. The second-order valence-electron chi connectivity index (χ2n) is 7.60. The molecule has 3 rings (SSSR count). The molecule has 178 valence electrons. The summed E-state index contributed by atoms with van der Waals surface area (Å²) in [5.74, 6) is 0.557. The van der Waals surface area contributed by atoms with Crippen LogP contribution in [0.4, 0.5) is 10.1 Å². The highest BCUT2D eigenvalue weighted by molar-refractivity contribution is 5.79. The quantitative estimate of drug-likeness (QED) is 0.584. The van der Waals surface area contributed by atoms with Crippen molar-refractivity contribution in [3.8, 4) is 11.5 Å². The lowest BCUT2D eigenvalue weighted by molar-refractivity contribution is -0.138. The fourth-order valence-electron chi connectivity index (χ4n) is 3.66. The van der Waals surface area contributed by atoms with Gasteiger partial charge in [-0.15, -0.1) is 0 Å². The molecule has 0 atom stereocenters. The van der Waals surface area contributed by atoms with E-state index < -0.39 is 0 Å². The molecule has 0 aliphatic carbocycles. The van der Waals surface area contributed by atoms with Gasteiger partial charge in [0.1, 0.15) is 19.0 Å². The predicted octanol–water partition coefficient (Wildman–Crippen LogP) is 1.87. The van der Waals surface area contributed by atoms with Crippen molar-refractivity contribution >= 4 is 17.5 Å². The van der Waals surface area contributed by atoms with Crippen LogP contribution in [0.15, 0.2) is 42.5 Å². The molecule has 0 saturated carbocycles. The van der Waals surface area contributed by atoms with E-state index in [1.165, 1.54) is 6.07 Å². The standard InChI is InChI=1S/C24H30FN3O5/c1-31-21-8-7-18(15-22(21)32-2)9-10-26-23(29)16-33-17-24(30)28-13-11-27(12-14-28)20-6-4-3-5-19(20)25/h3-8,15H,9-14,16-17H2,1-2H3,(H,26,29). The maximum Gasteiger partial charge on any atom is 0.248 e. The lowest BCUT2D eigenvalue weighted by Crippen LogP contribution is -2.50. The highest BCUT2D eigenvalue weighted by Crippen LogP contribution is 2.27. The molecule has 1 aliphatic heterocycles. The van der Waals surface area contributed by atoms with Gasteiger partial charge in [0, 0.05) is 32.7 Å². The maximum absolute atomic E-state index is 13.9. The molecular weight excluding hydrogens is 429 g/mol. The molecule has 1 N–H and O–H groups in total. The lowest BCUT2D eigenvalue weighted by Gasteiger charge is -2.36. The van der Waals surface area contributed by atoms with Crippen LogP contribution in [0.3, 0.4) is 0 Å². The highest BCUT2D eigenvalue weighted by atomic mass is 19.1. The van der Waals surface area contributed by atoms with Gasteiger partial charge in [-0.25, -0.2) is 4.39 Å². The van der Waals surface area contributed by atoms with Gasteiger partial charge in [-0.05, 0) is 36.2 Å². The second-order valence-corrected chi connectivity index (χ2v) is 7.60. The first-order chi connectivity index (χ1) is 16.0. The van der Waals surface area contributed by atoms with Crippen molar-refractivity contribution in [2.75, 3.05) is 65.1 Å². The maximum atomic E-state index is 13.9. The van der Waals surface area contributed by atoms with E-state index in [4.69, 9.17) is 14.2 Å². The normalized spacial score (nSPS) is 13.5. The number of benzene rings is 2. The Morgan fingerprint density at radius 3 is 2.39 bits per heavy atom. The Bertz CT molecular complexity index is 947. The second kappa shape index (κ2) is 12.1. The predicted molar refractivity (Wildman–Crippen MR) is 122 cm³/mol. The van der Waals surface area contributed by atoms with E-state index >= 15 is 0 Å². The molecule has 2 aromatic carbocycles. The van der Waals surface area contributed by atoms with E-state index in [2.05, 4.69) is 5.32 Å². The molecule has 0 spiro atoms. The Morgan fingerprint density at radius 1 is 0.970 bits per heavy atom. The molecule has 1 aliphatic rings. The first kappa shape index (κ1) is 24.3. The monoisotopic (exact) mass is 459 g/mol. The Labute approximate surface area is 193 Å². The summed E-state index contributed by atoms with van der Waals surface area (Å²) in [4.78, 5) is 27.9. The number of halogens is 1. The van der Waals surface area contributed by atoms with Gasteiger partial charge in [0.15, 0.2) is 11.5 Å². The average Bonchev–Trinajstić information content (AvgIpc) is 2.84. The molecule has 0 unspecified atom stereocenters. The lowest BCUT2D eigenvalue weighted by atomic mass is 10.1. The summed E-state index contributed by atoms with van der Waals surface area (Å²) in [6, 6.07) is 12.2. The van der Waals surface area contributed by atoms with E-state index in [0.717, 1.165) is 5.56 Å². The fourth-order valence-corrected chi connectivity index (χ4v) is 3.66. The Morgan fingerprint density at radius 2 is 1.70 bits per heavy atom. The van der Waals surface area contributed by atoms with Crippen LogP contribution in [-0.4, -0.2) is 76.9 Å². The van der Waals surface area contributed by atoms with Gasteiger partial charge >= 0.3 is 0 Å². The van der Waals surface area contributed by atoms with Crippen LogP contribution in [0.5, 0.6) is 11.5 Å². The van der Waals surface area contributed by atoms with Crippen LogP contribution in [0.25, 0.3) is 0 Å². The third kappa shape index (κ3) is 6.82. The third-order valence-electron chi connectivity index (χ3n) is 5.47. The summed E-state index contributed by atoms with van der Waals surface area (Å²) in [5.41, 5.74) is 1.55. The van der Waals surface area contributed by atoms with Crippen molar-refractivity contribution in [2.24, 2.45) is 0 Å². The van der Waals surface area contributed by atoms with Crippen molar-refractivity contribution in [3.05, 3.63) is 53.8 Å². The minimum atomic E-state index is -0.285. The molecule has 2 amide bonds. The molecule has 2 aromatic rings. The molecule has 1 fully saturated rings. The molecule has 33 heavy (non-hydrogen) atoms. The summed E-state index contributed by atoms with van der Waals surface area (Å²) < 4.78 is 29.7. The zero-order chi connectivity index (χ0) is 23.6. The first-order valence-electron chi connectivity index (χ1n) is 10.8. The van der Waals surface area contributed by atoms with Crippen LogP contribution < -0.4 is 19.7 Å². The molecular formula is C24H30FN3O5. The number of para-hydroxylation sites is 1.